The molecule has 27 heavy (non-hydrogen) atoms. The van der Waals surface area contributed by atoms with Gasteiger partial charge in [-0.15, -0.1) is 0 Å². The first-order chi connectivity index (χ1) is 12.9. The van der Waals surface area contributed by atoms with Gasteiger partial charge in [0.25, 0.3) is 5.56 Å². The summed E-state index contributed by atoms with van der Waals surface area (Å²) >= 11 is 0. The summed E-state index contributed by atoms with van der Waals surface area (Å²) < 4.78 is 1.20. The Morgan fingerprint density at radius 3 is 2.59 bits per heavy atom. The number of hydrogen-bond donors (Lipinski definition) is 3. The molecular weight excluding hydrogens is 344 g/mol. The highest BCUT2D eigenvalue weighted by molar-refractivity contribution is 6.03. The minimum absolute atomic E-state index is 0.0690. The van der Waals surface area contributed by atoms with Crippen molar-refractivity contribution in [2.24, 2.45) is 5.10 Å². The van der Waals surface area contributed by atoms with Gasteiger partial charge in [-0.2, -0.15) is 5.10 Å². The minimum atomic E-state index is -0.610. The van der Waals surface area contributed by atoms with E-state index in [4.69, 9.17) is 0 Å². The van der Waals surface area contributed by atoms with Crippen LogP contribution in [-0.2, 0) is 6.54 Å². The summed E-state index contributed by atoms with van der Waals surface area (Å²) in [6, 6.07) is 8.22. The highest BCUT2D eigenvalue weighted by atomic mass is 16.3. The minimum Gasteiger partial charge on any atom is -0.494 e. The zero-order valence-electron chi connectivity index (χ0n) is 16.0. The number of unbranched alkanes of at least 4 members (excludes halogenated alkanes) is 1. The van der Waals surface area contributed by atoms with Gasteiger partial charge < -0.3 is 10.5 Å². The molecule has 1 atom stereocenters. The molecule has 144 valence electrons. The molecule has 1 unspecified atom stereocenters. The van der Waals surface area contributed by atoms with E-state index >= 15 is 0 Å². The van der Waals surface area contributed by atoms with E-state index in [-0.39, 0.29) is 17.5 Å². The molecule has 0 saturated carbocycles. The second-order valence-electron chi connectivity index (χ2n) is 7.23. The van der Waals surface area contributed by atoms with Crippen molar-refractivity contribution in [3.8, 4) is 5.88 Å². The fourth-order valence-electron chi connectivity index (χ4n) is 3.25. The lowest BCUT2D eigenvalue weighted by Crippen LogP contribution is -2.33. The van der Waals surface area contributed by atoms with Gasteiger partial charge >= 0.3 is 5.69 Å². The van der Waals surface area contributed by atoms with Crippen LogP contribution in [0.4, 0.5) is 0 Å². The van der Waals surface area contributed by atoms with Crippen LogP contribution in [0.25, 0.3) is 0 Å². The van der Waals surface area contributed by atoms with Gasteiger partial charge in [0.2, 0.25) is 5.88 Å². The average molecular weight is 370 g/mol. The van der Waals surface area contributed by atoms with Crippen LogP contribution in [0.5, 0.6) is 5.88 Å². The molecule has 0 saturated heterocycles. The first-order valence-electron chi connectivity index (χ1n) is 9.40. The molecule has 1 aromatic carbocycles. The Bertz CT molecular complexity index is 955. The van der Waals surface area contributed by atoms with Gasteiger partial charge in [0.1, 0.15) is 5.56 Å². The molecule has 0 amide bonds. The molecule has 0 spiro atoms. The first kappa shape index (κ1) is 18.9. The second-order valence-corrected chi connectivity index (χ2v) is 7.23. The highest BCUT2D eigenvalue weighted by Gasteiger charge is 2.27. The van der Waals surface area contributed by atoms with E-state index in [0.29, 0.717) is 24.6 Å². The number of hydrazone groups is 1. The van der Waals surface area contributed by atoms with Gasteiger partial charge in [0.15, 0.2) is 0 Å². The molecule has 0 radical (unpaired) electrons. The lowest BCUT2D eigenvalue weighted by atomic mass is 9.96. The molecule has 7 heteroatoms. The number of aromatic nitrogens is 2. The molecule has 3 rings (SSSR count). The van der Waals surface area contributed by atoms with Gasteiger partial charge in [-0.05, 0) is 23.5 Å². The average Bonchev–Trinajstić information content (AvgIpc) is 3.11. The van der Waals surface area contributed by atoms with Gasteiger partial charge in [0, 0.05) is 13.0 Å². The Labute approximate surface area is 157 Å². The van der Waals surface area contributed by atoms with Crippen LogP contribution in [0.15, 0.2) is 39.0 Å². The van der Waals surface area contributed by atoms with E-state index in [1.165, 1.54) is 10.1 Å². The number of aromatic amines is 1. The third kappa shape index (κ3) is 3.82. The summed E-state index contributed by atoms with van der Waals surface area (Å²) in [5.41, 5.74) is 4.68. The van der Waals surface area contributed by atoms with E-state index in [9.17, 15) is 14.7 Å². The summed E-state index contributed by atoms with van der Waals surface area (Å²) in [5, 5.41) is 14.8. The number of benzene rings is 1. The number of nitrogens with zero attached hydrogens (tertiary/aromatic N) is 2. The van der Waals surface area contributed by atoms with E-state index in [0.717, 1.165) is 18.4 Å². The zero-order valence-corrected chi connectivity index (χ0v) is 16.0. The van der Waals surface area contributed by atoms with E-state index in [1.54, 1.807) is 0 Å². The van der Waals surface area contributed by atoms with Crippen molar-refractivity contribution in [2.75, 3.05) is 0 Å². The summed E-state index contributed by atoms with van der Waals surface area (Å²) in [6.45, 7) is 6.64. The van der Waals surface area contributed by atoms with Crippen LogP contribution in [0.1, 0.15) is 68.7 Å². The standard InChI is InChI=1S/C20H26N4O3/c1-4-5-10-24-19(26)17(18(25)21-20(24)27)16-11-15(22-23-16)14-8-6-13(7-9-14)12(2)3/h6-9,12,15,22,26H,4-5,10-11H2,1-3H3,(H,21,25,27). The van der Waals surface area contributed by atoms with E-state index in [2.05, 4.69) is 53.6 Å². The topological polar surface area (TPSA) is 99.5 Å². The van der Waals surface area contributed by atoms with Crippen molar-refractivity contribution in [3.63, 3.8) is 0 Å². The number of rotatable bonds is 6. The molecule has 0 aliphatic carbocycles. The summed E-state index contributed by atoms with van der Waals surface area (Å²) in [7, 11) is 0. The van der Waals surface area contributed by atoms with Crippen LogP contribution >= 0.6 is 0 Å². The normalized spacial score (nSPS) is 16.4. The van der Waals surface area contributed by atoms with Crippen molar-refractivity contribution < 1.29 is 5.11 Å². The van der Waals surface area contributed by atoms with Crippen LogP contribution in [0.3, 0.4) is 0 Å². The van der Waals surface area contributed by atoms with Gasteiger partial charge in [-0.1, -0.05) is 51.5 Å². The Kier molecular flexibility index (Phi) is 5.48. The van der Waals surface area contributed by atoms with Crippen LogP contribution < -0.4 is 16.7 Å². The van der Waals surface area contributed by atoms with Crippen molar-refractivity contribution in [2.45, 2.75) is 58.5 Å². The number of nitrogens with one attached hydrogen (secondary N) is 2. The van der Waals surface area contributed by atoms with Crippen LogP contribution in [-0.4, -0.2) is 20.4 Å². The molecule has 0 bridgehead atoms. The Balaban J connectivity index is 1.86. The number of H-pyrrole nitrogens is 1. The zero-order chi connectivity index (χ0) is 19.6. The molecule has 2 heterocycles. The van der Waals surface area contributed by atoms with Gasteiger partial charge in [-0.3, -0.25) is 14.3 Å². The van der Waals surface area contributed by atoms with Crippen LogP contribution in [0, 0.1) is 0 Å². The predicted octanol–water partition coefficient (Wildman–Crippen LogP) is 2.60. The van der Waals surface area contributed by atoms with Crippen molar-refractivity contribution in [3.05, 3.63) is 61.8 Å². The monoisotopic (exact) mass is 370 g/mol. The molecule has 2 aromatic rings. The highest BCUT2D eigenvalue weighted by Crippen LogP contribution is 2.27. The Hall–Kier alpha value is -2.83. The maximum absolute atomic E-state index is 12.3. The Morgan fingerprint density at radius 2 is 1.96 bits per heavy atom. The maximum atomic E-state index is 12.3. The summed E-state index contributed by atoms with van der Waals surface area (Å²) in [5.74, 6) is 0.149. The number of aromatic hydroxyl groups is 1. The van der Waals surface area contributed by atoms with Crippen molar-refractivity contribution in [1.29, 1.82) is 0 Å². The largest absolute Gasteiger partial charge is 0.494 e. The third-order valence-electron chi connectivity index (χ3n) is 4.95. The maximum Gasteiger partial charge on any atom is 0.331 e. The lowest BCUT2D eigenvalue weighted by Gasteiger charge is -2.13. The fourth-order valence-corrected chi connectivity index (χ4v) is 3.25. The molecule has 1 aliphatic rings. The quantitative estimate of drug-likeness (QED) is 0.728. The Morgan fingerprint density at radius 1 is 1.26 bits per heavy atom. The van der Waals surface area contributed by atoms with Gasteiger partial charge in [-0.25, -0.2) is 4.79 Å². The lowest BCUT2D eigenvalue weighted by molar-refractivity contribution is 0.394. The summed E-state index contributed by atoms with van der Waals surface area (Å²) in [6.07, 6.45) is 2.06. The second kappa shape index (κ2) is 7.82. The van der Waals surface area contributed by atoms with E-state index in [1.807, 2.05) is 6.92 Å². The summed E-state index contributed by atoms with van der Waals surface area (Å²) in [4.78, 5) is 26.6. The fraction of sp³-hybridized carbons (Fsp3) is 0.450. The molecule has 0 fully saturated rings. The molecule has 7 nitrogen and oxygen atoms in total. The predicted molar refractivity (Wildman–Crippen MR) is 105 cm³/mol. The molecular formula is C20H26N4O3. The van der Waals surface area contributed by atoms with Crippen molar-refractivity contribution in [1.82, 2.24) is 15.0 Å². The van der Waals surface area contributed by atoms with Gasteiger partial charge in [0.05, 0.1) is 11.8 Å². The SMILES string of the molecule is CCCCn1c(O)c(C2=NNC(c3ccc(C(C)C)cc3)C2)c(=O)[nH]c1=O. The molecule has 3 N–H and O–H groups in total. The van der Waals surface area contributed by atoms with E-state index < -0.39 is 11.2 Å². The molecule has 1 aromatic heterocycles. The molecule has 1 aliphatic heterocycles. The van der Waals surface area contributed by atoms with Crippen LogP contribution in [0.2, 0.25) is 0 Å². The van der Waals surface area contributed by atoms with Crippen molar-refractivity contribution >= 4 is 5.71 Å². The third-order valence-corrected chi connectivity index (χ3v) is 4.95. The number of hydrogen-bond acceptors (Lipinski definition) is 5. The smallest absolute Gasteiger partial charge is 0.331 e. The first-order valence-corrected chi connectivity index (χ1v) is 9.40.